The van der Waals surface area contributed by atoms with E-state index in [1.54, 1.807) is 12.1 Å². The summed E-state index contributed by atoms with van der Waals surface area (Å²) in [6, 6.07) is 6.32. The molecular formula is C23H28F3O4P. The Morgan fingerprint density at radius 1 is 1.19 bits per heavy atom. The van der Waals surface area contributed by atoms with Crippen molar-refractivity contribution in [3.8, 4) is 5.75 Å². The molecule has 0 heterocycles. The largest absolute Gasteiger partial charge is 0.484 e. The van der Waals surface area contributed by atoms with E-state index in [0.29, 0.717) is 5.56 Å². The van der Waals surface area contributed by atoms with Crippen molar-refractivity contribution >= 4 is 13.4 Å². The zero-order chi connectivity index (χ0) is 22.2. The quantitative estimate of drug-likeness (QED) is 0.299. The van der Waals surface area contributed by atoms with Gasteiger partial charge >= 0.3 is 13.8 Å². The van der Waals surface area contributed by atoms with Crippen LogP contribution in [-0.2, 0) is 9.30 Å². The lowest BCUT2D eigenvalue weighted by Gasteiger charge is -2.43. The first-order valence-corrected chi connectivity index (χ1v) is 12.9. The molecule has 4 rings (SSSR count). The van der Waals surface area contributed by atoms with Gasteiger partial charge in [-0.15, -0.1) is 0 Å². The Balaban J connectivity index is 1.80. The summed E-state index contributed by atoms with van der Waals surface area (Å²) >= 11 is 0. The van der Waals surface area contributed by atoms with Crippen molar-refractivity contribution in [2.24, 2.45) is 11.8 Å². The fourth-order valence-corrected chi connectivity index (χ4v) is 5.91. The van der Waals surface area contributed by atoms with Crippen molar-refractivity contribution in [3.05, 3.63) is 46.5 Å². The Kier molecular flexibility index (Phi) is 6.28. The molecule has 3 atom stereocenters. The molecule has 1 saturated carbocycles. The molecule has 0 aromatic heterocycles. The van der Waals surface area contributed by atoms with Crippen molar-refractivity contribution in [1.82, 2.24) is 0 Å². The molecule has 170 valence electrons. The summed E-state index contributed by atoms with van der Waals surface area (Å²) in [5.74, 6) is 0.709. The van der Waals surface area contributed by atoms with Crippen LogP contribution in [0.4, 0.5) is 13.2 Å². The molecule has 2 bridgehead atoms. The molecule has 0 aliphatic heterocycles. The van der Waals surface area contributed by atoms with Crippen LogP contribution in [0.1, 0.15) is 56.9 Å². The molecular weight excluding hydrogens is 428 g/mol. The van der Waals surface area contributed by atoms with Crippen molar-refractivity contribution in [3.63, 3.8) is 0 Å². The number of ether oxygens (including phenoxy) is 1. The molecule has 0 saturated heterocycles. The van der Waals surface area contributed by atoms with E-state index in [0.717, 1.165) is 57.2 Å². The topological polar surface area (TPSA) is 55.8 Å². The van der Waals surface area contributed by atoms with E-state index < -0.39 is 20.4 Å². The SMILES string of the molecule is CP(=O)(O)Oc1cccc(C(OCC(F)(F)F)=C2C3CCCC2C2=C(CCCC2)C3)c1. The lowest BCUT2D eigenvalue weighted by atomic mass is 9.62. The molecule has 1 aromatic rings. The normalized spacial score (nSPS) is 27.3. The summed E-state index contributed by atoms with van der Waals surface area (Å²) in [6.45, 7) is -0.295. The average Bonchev–Trinajstić information content (AvgIpc) is 2.66. The van der Waals surface area contributed by atoms with Gasteiger partial charge in [0.1, 0.15) is 11.5 Å². The summed E-state index contributed by atoms with van der Waals surface area (Å²) in [6.07, 6.45) is 3.80. The first-order valence-electron chi connectivity index (χ1n) is 10.9. The molecule has 0 radical (unpaired) electrons. The van der Waals surface area contributed by atoms with Crippen LogP contribution in [0.5, 0.6) is 5.75 Å². The maximum absolute atomic E-state index is 13.1. The Morgan fingerprint density at radius 2 is 1.97 bits per heavy atom. The lowest BCUT2D eigenvalue weighted by Crippen LogP contribution is -2.30. The van der Waals surface area contributed by atoms with Crippen LogP contribution >= 0.6 is 7.60 Å². The zero-order valence-electron chi connectivity index (χ0n) is 17.6. The standard InChI is InChI=1S/C23H28F3O4P/c1-31(27,28)30-18-9-4-8-17(13-18)22(29-14-23(24,25)26)21-16-7-5-11-20(21)19-10-3-2-6-15(19)12-16/h4,8-9,13,16,20H,2-3,5-7,10-12,14H2,1H3,(H,27,28). The molecule has 3 aliphatic carbocycles. The van der Waals surface area contributed by atoms with Crippen molar-refractivity contribution in [1.29, 1.82) is 0 Å². The summed E-state index contributed by atoms with van der Waals surface area (Å²) in [4.78, 5) is 9.56. The van der Waals surface area contributed by atoms with E-state index >= 15 is 0 Å². The highest BCUT2D eigenvalue weighted by Gasteiger charge is 2.40. The van der Waals surface area contributed by atoms with Gasteiger partial charge in [0, 0.05) is 18.1 Å². The first kappa shape index (κ1) is 22.5. The maximum Gasteiger partial charge on any atom is 0.422 e. The summed E-state index contributed by atoms with van der Waals surface area (Å²) < 4.78 is 61.6. The van der Waals surface area contributed by atoms with Gasteiger partial charge in [0.2, 0.25) is 0 Å². The van der Waals surface area contributed by atoms with E-state index in [9.17, 15) is 22.6 Å². The van der Waals surface area contributed by atoms with Crippen LogP contribution in [0.25, 0.3) is 5.76 Å². The van der Waals surface area contributed by atoms with Crippen LogP contribution in [0, 0.1) is 11.8 Å². The minimum absolute atomic E-state index is 0.130. The molecule has 3 aliphatic rings. The van der Waals surface area contributed by atoms with Gasteiger partial charge in [-0.25, -0.2) is 4.57 Å². The first-order chi connectivity index (χ1) is 14.6. The van der Waals surface area contributed by atoms with E-state index in [2.05, 4.69) is 0 Å². The number of halogens is 3. The third kappa shape index (κ3) is 5.38. The minimum atomic E-state index is -4.46. The molecule has 1 aromatic carbocycles. The highest BCUT2D eigenvalue weighted by atomic mass is 31.2. The summed E-state index contributed by atoms with van der Waals surface area (Å²) in [5.41, 5.74) is 4.34. The second kappa shape index (κ2) is 8.67. The molecule has 4 nitrogen and oxygen atoms in total. The third-order valence-electron chi connectivity index (χ3n) is 6.42. The van der Waals surface area contributed by atoms with Gasteiger partial charge in [-0.05, 0) is 68.6 Å². The van der Waals surface area contributed by atoms with Crippen LogP contribution in [-0.4, -0.2) is 24.3 Å². The lowest BCUT2D eigenvalue weighted by molar-refractivity contribution is -0.158. The smallest absolute Gasteiger partial charge is 0.422 e. The number of benzene rings is 1. The Labute approximate surface area is 180 Å². The highest BCUT2D eigenvalue weighted by Crippen LogP contribution is 2.53. The van der Waals surface area contributed by atoms with Crippen LogP contribution < -0.4 is 4.52 Å². The molecule has 8 heteroatoms. The number of rotatable bonds is 5. The fraction of sp³-hybridized carbons (Fsp3) is 0.565. The Morgan fingerprint density at radius 3 is 2.71 bits per heavy atom. The molecule has 3 unspecified atom stereocenters. The summed E-state index contributed by atoms with van der Waals surface area (Å²) in [5, 5.41) is 0. The van der Waals surface area contributed by atoms with Crippen molar-refractivity contribution in [2.75, 3.05) is 13.3 Å². The average molecular weight is 456 g/mol. The van der Waals surface area contributed by atoms with Gasteiger partial charge in [-0.2, -0.15) is 13.2 Å². The molecule has 0 amide bonds. The van der Waals surface area contributed by atoms with Crippen molar-refractivity contribution in [2.45, 2.75) is 57.5 Å². The van der Waals surface area contributed by atoms with Gasteiger partial charge in [-0.1, -0.05) is 29.7 Å². The number of alkyl halides is 3. The predicted molar refractivity (Wildman–Crippen MR) is 113 cm³/mol. The highest BCUT2D eigenvalue weighted by molar-refractivity contribution is 7.52. The van der Waals surface area contributed by atoms with E-state index in [1.165, 1.54) is 29.7 Å². The zero-order valence-corrected chi connectivity index (χ0v) is 18.5. The van der Waals surface area contributed by atoms with Gasteiger partial charge in [0.15, 0.2) is 6.61 Å². The number of fused-ring (bicyclic) bond motifs is 3. The van der Waals surface area contributed by atoms with Gasteiger partial charge < -0.3 is 14.2 Å². The third-order valence-corrected chi connectivity index (χ3v) is 6.97. The Hall–Kier alpha value is -1.72. The molecule has 1 fully saturated rings. The molecule has 31 heavy (non-hydrogen) atoms. The molecule has 1 N–H and O–H groups in total. The maximum atomic E-state index is 13.1. The van der Waals surface area contributed by atoms with E-state index in [-0.39, 0.29) is 23.3 Å². The minimum Gasteiger partial charge on any atom is -0.484 e. The number of allylic oxidation sites excluding steroid dienone is 3. The van der Waals surface area contributed by atoms with Crippen molar-refractivity contribution < 1.29 is 31.9 Å². The van der Waals surface area contributed by atoms with Crippen LogP contribution in [0.2, 0.25) is 0 Å². The second-order valence-electron chi connectivity index (χ2n) is 8.83. The van der Waals surface area contributed by atoms with Gasteiger partial charge in [0.05, 0.1) is 0 Å². The summed E-state index contributed by atoms with van der Waals surface area (Å²) in [7, 11) is -3.79. The monoisotopic (exact) mass is 456 g/mol. The molecule has 0 spiro atoms. The van der Waals surface area contributed by atoms with E-state index in [4.69, 9.17) is 9.26 Å². The number of hydrogen-bond donors (Lipinski definition) is 1. The Bertz CT molecular complexity index is 944. The fourth-order valence-electron chi connectivity index (χ4n) is 5.40. The van der Waals surface area contributed by atoms with Gasteiger partial charge in [-0.3, -0.25) is 0 Å². The van der Waals surface area contributed by atoms with Crippen LogP contribution in [0.3, 0.4) is 0 Å². The van der Waals surface area contributed by atoms with E-state index in [1.807, 2.05) is 0 Å². The number of hydrogen-bond acceptors (Lipinski definition) is 3. The van der Waals surface area contributed by atoms with Gasteiger partial charge in [0.25, 0.3) is 0 Å². The van der Waals surface area contributed by atoms with Crippen LogP contribution in [0.15, 0.2) is 41.0 Å². The predicted octanol–water partition coefficient (Wildman–Crippen LogP) is 6.86. The second-order valence-corrected chi connectivity index (χ2v) is 10.6.